The van der Waals surface area contributed by atoms with E-state index in [1.807, 2.05) is 18.2 Å². The summed E-state index contributed by atoms with van der Waals surface area (Å²) in [5, 5.41) is 10.2. The quantitative estimate of drug-likeness (QED) is 0.827. The van der Waals surface area contributed by atoms with Crippen molar-refractivity contribution in [1.82, 2.24) is 0 Å². The minimum atomic E-state index is -0.538. The molecule has 3 nitrogen and oxygen atoms in total. The average Bonchev–Trinajstić information content (AvgIpc) is 2.34. The maximum absolute atomic E-state index is 10.2. The second-order valence-electron chi connectivity index (χ2n) is 4.56. The maximum Gasteiger partial charge on any atom is 0.128 e. The molecule has 1 rings (SSSR count). The van der Waals surface area contributed by atoms with Crippen LogP contribution in [0.3, 0.4) is 0 Å². The van der Waals surface area contributed by atoms with Gasteiger partial charge in [0.15, 0.2) is 0 Å². The first-order valence-corrected chi connectivity index (χ1v) is 5.99. The van der Waals surface area contributed by atoms with E-state index in [2.05, 4.69) is 13.8 Å². The summed E-state index contributed by atoms with van der Waals surface area (Å²) >= 11 is 0. The predicted molar refractivity (Wildman–Crippen MR) is 68.6 cm³/mol. The van der Waals surface area contributed by atoms with E-state index in [-0.39, 0.29) is 0 Å². The van der Waals surface area contributed by atoms with Crippen LogP contribution in [0.4, 0.5) is 0 Å². The Morgan fingerprint density at radius 1 is 1.06 bits per heavy atom. The summed E-state index contributed by atoms with van der Waals surface area (Å²) in [6, 6.07) is 5.54. The van der Waals surface area contributed by atoms with Crippen molar-refractivity contribution in [1.29, 1.82) is 0 Å². The lowest BCUT2D eigenvalue weighted by atomic mass is 9.98. The van der Waals surface area contributed by atoms with E-state index in [0.29, 0.717) is 23.8 Å². The molecule has 0 bridgehead atoms. The third-order valence-corrected chi connectivity index (χ3v) is 2.82. The fraction of sp³-hybridized carbons (Fsp3) is 0.571. The topological polar surface area (TPSA) is 38.7 Å². The number of hydrogen-bond acceptors (Lipinski definition) is 3. The summed E-state index contributed by atoms with van der Waals surface area (Å²) in [7, 11) is 3.21. The molecule has 0 aromatic heterocycles. The predicted octanol–water partition coefficient (Wildman–Crippen LogP) is 3.17. The fourth-order valence-corrected chi connectivity index (χ4v) is 1.84. The fourth-order valence-electron chi connectivity index (χ4n) is 1.84. The third kappa shape index (κ3) is 3.63. The highest BCUT2D eigenvalue weighted by atomic mass is 16.5. The number of hydrogen-bond donors (Lipinski definition) is 1. The van der Waals surface area contributed by atoms with E-state index in [1.54, 1.807) is 14.2 Å². The molecule has 0 aliphatic heterocycles. The first-order chi connectivity index (χ1) is 8.10. The van der Waals surface area contributed by atoms with Gasteiger partial charge in [-0.05, 0) is 30.9 Å². The summed E-state index contributed by atoms with van der Waals surface area (Å²) in [5.74, 6) is 1.94. The van der Waals surface area contributed by atoms with Gasteiger partial charge in [-0.15, -0.1) is 0 Å². The minimum Gasteiger partial charge on any atom is -0.496 e. The van der Waals surface area contributed by atoms with Crippen molar-refractivity contribution in [3.63, 3.8) is 0 Å². The van der Waals surface area contributed by atoms with Gasteiger partial charge in [-0.3, -0.25) is 0 Å². The SMILES string of the molecule is COc1cccc(OC)c1C(O)CCC(C)C. The monoisotopic (exact) mass is 238 g/mol. The molecular formula is C14H22O3. The first-order valence-electron chi connectivity index (χ1n) is 5.99. The van der Waals surface area contributed by atoms with Crippen LogP contribution in [-0.4, -0.2) is 19.3 Å². The standard InChI is InChI=1S/C14H22O3/c1-10(2)8-9-11(15)14-12(16-3)6-5-7-13(14)17-4/h5-7,10-11,15H,8-9H2,1-4H3. The van der Waals surface area contributed by atoms with Gasteiger partial charge in [-0.2, -0.15) is 0 Å². The van der Waals surface area contributed by atoms with Crippen LogP contribution in [0.5, 0.6) is 11.5 Å². The van der Waals surface area contributed by atoms with E-state index in [1.165, 1.54) is 0 Å². The van der Waals surface area contributed by atoms with Crippen molar-refractivity contribution in [2.45, 2.75) is 32.8 Å². The third-order valence-electron chi connectivity index (χ3n) is 2.82. The zero-order valence-corrected chi connectivity index (χ0v) is 11.1. The van der Waals surface area contributed by atoms with E-state index < -0.39 is 6.10 Å². The molecule has 0 saturated carbocycles. The van der Waals surface area contributed by atoms with Gasteiger partial charge in [0.1, 0.15) is 11.5 Å². The Kier molecular flexibility index (Phi) is 5.29. The minimum absolute atomic E-state index is 0.538. The van der Waals surface area contributed by atoms with Crippen LogP contribution < -0.4 is 9.47 Å². The highest BCUT2D eigenvalue weighted by Crippen LogP contribution is 2.36. The number of aliphatic hydroxyl groups is 1. The Hall–Kier alpha value is -1.22. The molecular weight excluding hydrogens is 216 g/mol. The summed E-state index contributed by atoms with van der Waals surface area (Å²) in [5.41, 5.74) is 0.748. The Morgan fingerprint density at radius 3 is 2.00 bits per heavy atom. The Balaban J connectivity index is 2.92. The Morgan fingerprint density at radius 2 is 1.59 bits per heavy atom. The zero-order chi connectivity index (χ0) is 12.8. The molecule has 0 aliphatic rings. The van der Waals surface area contributed by atoms with E-state index in [9.17, 15) is 5.11 Å². The Bertz CT molecular complexity index is 325. The largest absolute Gasteiger partial charge is 0.496 e. The lowest BCUT2D eigenvalue weighted by Gasteiger charge is -2.18. The van der Waals surface area contributed by atoms with E-state index >= 15 is 0 Å². The van der Waals surface area contributed by atoms with Gasteiger partial charge in [0, 0.05) is 0 Å². The van der Waals surface area contributed by atoms with Crippen LogP contribution in [-0.2, 0) is 0 Å². The van der Waals surface area contributed by atoms with Gasteiger partial charge in [0.05, 0.1) is 25.9 Å². The van der Waals surface area contributed by atoms with Crippen molar-refractivity contribution in [2.24, 2.45) is 5.92 Å². The first kappa shape index (κ1) is 13.8. The second-order valence-corrected chi connectivity index (χ2v) is 4.56. The molecule has 1 aromatic rings. The van der Waals surface area contributed by atoms with Gasteiger partial charge in [0.25, 0.3) is 0 Å². The highest BCUT2D eigenvalue weighted by Gasteiger charge is 2.18. The number of methoxy groups -OCH3 is 2. The molecule has 0 heterocycles. The molecule has 0 fully saturated rings. The second kappa shape index (κ2) is 6.50. The highest BCUT2D eigenvalue weighted by molar-refractivity contribution is 5.46. The molecule has 1 atom stereocenters. The molecule has 1 aromatic carbocycles. The molecule has 0 saturated heterocycles. The van der Waals surface area contributed by atoms with Gasteiger partial charge in [-0.1, -0.05) is 19.9 Å². The van der Waals surface area contributed by atoms with Gasteiger partial charge in [-0.25, -0.2) is 0 Å². The average molecular weight is 238 g/mol. The van der Waals surface area contributed by atoms with Crippen molar-refractivity contribution in [3.05, 3.63) is 23.8 Å². The normalized spacial score (nSPS) is 12.6. The number of aliphatic hydroxyl groups excluding tert-OH is 1. The molecule has 0 spiro atoms. The van der Waals surface area contributed by atoms with Crippen molar-refractivity contribution < 1.29 is 14.6 Å². The molecule has 96 valence electrons. The Labute approximate surface area is 103 Å². The van der Waals surface area contributed by atoms with E-state index in [4.69, 9.17) is 9.47 Å². The zero-order valence-electron chi connectivity index (χ0n) is 11.1. The van der Waals surface area contributed by atoms with Crippen LogP contribution in [0.2, 0.25) is 0 Å². The van der Waals surface area contributed by atoms with Crippen molar-refractivity contribution in [3.8, 4) is 11.5 Å². The van der Waals surface area contributed by atoms with Gasteiger partial charge in [0.2, 0.25) is 0 Å². The number of benzene rings is 1. The number of ether oxygens (including phenoxy) is 2. The lowest BCUT2D eigenvalue weighted by Crippen LogP contribution is -2.05. The summed E-state index contributed by atoms with van der Waals surface area (Å²) < 4.78 is 10.6. The molecule has 0 radical (unpaired) electrons. The number of rotatable bonds is 6. The molecule has 17 heavy (non-hydrogen) atoms. The molecule has 0 amide bonds. The summed E-state index contributed by atoms with van der Waals surface area (Å²) in [4.78, 5) is 0. The smallest absolute Gasteiger partial charge is 0.128 e. The van der Waals surface area contributed by atoms with Crippen LogP contribution in [0, 0.1) is 5.92 Å². The molecule has 3 heteroatoms. The van der Waals surface area contributed by atoms with Gasteiger partial charge >= 0.3 is 0 Å². The van der Waals surface area contributed by atoms with Crippen molar-refractivity contribution >= 4 is 0 Å². The van der Waals surface area contributed by atoms with E-state index in [0.717, 1.165) is 12.0 Å². The summed E-state index contributed by atoms with van der Waals surface area (Å²) in [6.07, 6.45) is 1.15. The van der Waals surface area contributed by atoms with Crippen LogP contribution in [0.15, 0.2) is 18.2 Å². The van der Waals surface area contributed by atoms with Crippen LogP contribution in [0.1, 0.15) is 38.4 Å². The summed E-state index contributed by atoms with van der Waals surface area (Å²) in [6.45, 7) is 4.29. The molecule has 1 unspecified atom stereocenters. The lowest BCUT2D eigenvalue weighted by molar-refractivity contribution is 0.151. The molecule has 0 aliphatic carbocycles. The van der Waals surface area contributed by atoms with Crippen LogP contribution >= 0.6 is 0 Å². The van der Waals surface area contributed by atoms with Crippen LogP contribution in [0.25, 0.3) is 0 Å². The van der Waals surface area contributed by atoms with Gasteiger partial charge < -0.3 is 14.6 Å². The van der Waals surface area contributed by atoms with Crippen molar-refractivity contribution in [2.75, 3.05) is 14.2 Å². The molecule has 1 N–H and O–H groups in total. The maximum atomic E-state index is 10.2.